The summed E-state index contributed by atoms with van der Waals surface area (Å²) >= 11 is 0. The van der Waals surface area contributed by atoms with Gasteiger partial charge in [-0.3, -0.25) is 9.69 Å². The lowest BCUT2D eigenvalue weighted by Gasteiger charge is -2.34. The lowest BCUT2D eigenvalue weighted by atomic mass is 9.80. The fraction of sp³-hybridized carbons (Fsp3) is 0.667. The molecule has 2 heterocycles. The number of nitrogens with zero attached hydrogens (tertiary/aromatic N) is 1. The van der Waals surface area contributed by atoms with E-state index < -0.39 is 11.8 Å². The molecule has 148 valence electrons. The fourth-order valence-corrected chi connectivity index (χ4v) is 4.65. The molecule has 0 bridgehead atoms. The molecule has 1 aromatic carbocycles. The van der Waals surface area contributed by atoms with Crippen molar-refractivity contribution < 1.29 is 18.3 Å². The minimum atomic E-state index is -2.65. The van der Waals surface area contributed by atoms with Crippen molar-refractivity contribution in [3.8, 4) is 0 Å². The van der Waals surface area contributed by atoms with E-state index in [1.165, 1.54) is 16.7 Å². The summed E-state index contributed by atoms with van der Waals surface area (Å²) in [4.78, 5) is 14.5. The zero-order chi connectivity index (χ0) is 19.2. The van der Waals surface area contributed by atoms with Crippen LogP contribution in [-0.4, -0.2) is 49.1 Å². The number of carbonyl (C=O) groups excluding carboxylic acids is 1. The average molecular weight is 378 g/mol. The minimum Gasteiger partial charge on any atom is -0.376 e. The molecule has 2 saturated heterocycles. The van der Waals surface area contributed by atoms with Gasteiger partial charge in [0.25, 0.3) is 0 Å². The lowest BCUT2D eigenvalue weighted by molar-refractivity contribution is -0.150. The predicted molar refractivity (Wildman–Crippen MR) is 98.6 cm³/mol. The van der Waals surface area contributed by atoms with Gasteiger partial charge in [0, 0.05) is 56.8 Å². The third-order valence-corrected chi connectivity index (χ3v) is 6.41. The van der Waals surface area contributed by atoms with Crippen molar-refractivity contribution in [2.45, 2.75) is 45.3 Å². The number of rotatable bonds is 5. The van der Waals surface area contributed by atoms with Crippen LogP contribution in [0.2, 0.25) is 0 Å². The summed E-state index contributed by atoms with van der Waals surface area (Å²) in [5.74, 6) is -2.73. The molecule has 2 aliphatic heterocycles. The van der Waals surface area contributed by atoms with E-state index in [1.54, 1.807) is 0 Å². The summed E-state index contributed by atoms with van der Waals surface area (Å²) in [6.07, 6.45) is -0.407. The van der Waals surface area contributed by atoms with E-state index >= 15 is 0 Å². The Hall–Kier alpha value is -1.53. The fourth-order valence-electron chi connectivity index (χ4n) is 4.65. The Morgan fingerprint density at radius 1 is 1.30 bits per heavy atom. The predicted octanol–water partition coefficient (Wildman–Crippen LogP) is 2.91. The molecule has 0 spiro atoms. The summed E-state index contributed by atoms with van der Waals surface area (Å²) < 4.78 is 31.8. The van der Waals surface area contributed by atoms with Crippen LogP contribution in [0.3, 0.4) is 0 Å². The molecule has 27 heavy (non-hydrogen) atoms. The molecular formula is C21H28F2N2O2. The second-order valence-electron chi connectivity index (χ2n) is 8.63. The van der Waals surface area contributed by atoms with Crippen LogP contribution in [0.25, 0.3) is 0 Å². The van der Waals surface area contributed by atoms with E-state index in [0.29, 0.717) is 19.1 Å². The number of aryl methyl sites for hydroxylation is 2. The molecule has 4 rings (SSSR count). The van der Waals surface area contributed by atoms with Gasteiger partial charge >= 0.3 is 0 Å². The number of alkyl halides is 2. The highest BCUT2D eigenvalue weighted by molar-refractivity contribution is 5.79. The number of hydrogen-bond acceptors (Lipinski definition) is 3. The molecule has 1 saturated carbocycles. The van der Waals surface area contributed by atoms with Crippen molar-refractivity contribution in [1.29, 1.82) is 0 Å². The Kier molecular flexibility index (Phi) is 4.97. The highest BCUT2D eigenvalue weighted by Gasteiger charge is 2.49. The Labute approximate surface area is 159 Å². The Morgan fingerprint density at radius 2 is 2.07 bits per heavy atom. The molecule has 1 amide bonds. The SMILES string of the molecule is Cc1ccc(C)c(CN2C[C@@H]3[C@H](CNC(=O)C4CC(F)(F)C4)CO[C@@H]3C2)c1. The van der Waals surface area contributed by atoms with Gasteiger partial charge in [0.05, 0.1) is 12.7 Å². The Morgan fingerprint density at radius 3 is 2.81 bits per heavy atom. The number of carbonyl (C=O) groups is 1. The summed E-state index contributed by atoms with van der Waals surface area (Å²) in [5.41, 5.74) is 3.93. The quantitative estimate of drug-likeness (QED) is 0.857. The van der Waals surface area contributed by atoms with Gasteiger partial charge < -0.3 is 10.1 Å². The van der Waals surface area contributed by atoms with Crippen molar-refractivity contribution in [3.05, 3.63) is 34.9 Å². The van der Waals surface area contributed by atoms with Gasteiger partial charge in [-0.05, 0) is 25.0 Å². The van der Waals surface area contributed by atoms with Crippen LogP contribution < -0.4 is 5.32 Å². The maximum Gasteiger partial charge on any atom is 0.249 e. The van der Waals surface area contributed by atoms with E-state index in [2.05, 4.69) is 42.3 Å². The summed E-state index contributed by atoms with van der Waals surface area (Å²) in [6.45, 7) is 8.22. The summed E-state index contributed by atoms with van der Waals surface area (Å²) in [6, 6.07) is 6.55. The Balaban J connectivity index is 1.28. The highest BCUT2D eigenvalue weighted by Crippen LogP contribution is 2.42. The highest BCUT2D eigenvalue weighted by atomic mass is 19.3. The van der Waals surface area contributed by atoms with Crippen molar-refractivity contribution in [2.24, 2.45) is 17.8 Å². The van der Waals surface area contributed by atoms with Crippen LogP contribution in [0.5, 0.6) is 0 Å². The second kappa shape index (κ2) is 7.13. The van der Waals surface area contributed by atoms with Gasteiger partial charge in [0.2, 0.25) is 11.8 Å². The molecule has 0 aromatic heterocycles. The van der Waals surface area contributed by atoms with E-state index in [-0.39, 0.29) is 30.8 Å². The Bertz CT molecular complexity index is 716. The zero-order valence-corrected chi connectivity index (χ0v) is 16.0. The summed E-state index contributed by atoms with van der Waals surface area (Å²) in [5, 5.41) is 2.89. The average Bonchev–Trinajstić information content (AvgIpc) is 3.14. The van der Waals surface area contributed by atoms with Gasteiger partial charge in [0.15, 0.2) is 0 Å². The first kappa shape index (κ1) is 18.8. The van der Waals surface area contributed by atoms with E-state index in [0.717, 1.165) is 19.6 Å². The van der Waals surface area contributed by atoms with Gasteiger partial charge in [-0.25, -0.2) is 8.78 Å². The first-order valence-electron chi connectivity index (χ1n) is 9.86. The smallest absolute Gasteiger partial charge is 0.249 e. The van der Waals surface area contributed by atoms with E-state index in [4.69, 9.17) is 4.74 Å². The summed E-state index contributed by atoms with van der Waals surface area (Å²) in [7, 11) is 0. The molecule has 3 atom stereocenters. The molecule has 6 heteroatoms. The molecule has 1 aromatic rings. The number of nitrogens with one attached hydrogen (secondary N) is 1. The third kappa shape index (κ3) is 4.02. The molecular weight excluding hydrogens is 350 g/mol. The first-order valence-corrected chi connectivity index (χ1v) is 9.86. The monoisotopic (exact) mass is 378 g/mol. The van der Waals surface area contributed by atoms with Crippen LogP contribution >= 0.6 is 0 Å². The number of amides is 1. The first-order chi connectivity index (χ1) is 12.8. The largest absolute Gasteiger partial charge is 0.376 e. The number of ether oxygens (including phenoxy) is 1. The standard InChI is InChI=1S/C21H28F2N2O2/c1-13-3-4-14(2)15(5-13)9-25-10-18-17(12-27-19(18)11-25)8-24-20(26)16-6-21(22,23)7-16/h3-5,16-19H,6-12H2,1-2H3,(H,24,26)/t17-,18-,19-/m1/s1. The van der Waals surface area contributed by atoms with E-state index in [9.17, 15) is 13.6 Å². The normalized spacial score (nSPS) is 30.1. The molecule has 0 unspecified atom stereocenters. The molecule has 3 aliphatic rings. The molecule has 1 N–H and O–H groups in total. The van der Waals surface area contributed by atoms with Crippen LogP contribution in [-0.2, 0) is 16.1 Å². The van der Waals surface area contributed by atoms with Gasteiger partial charge in [-0.1, -0.05) is 23.8 Å². The molecule has 1 aliphatic carbocycles. The molecule has 3 fully saturated rings. The van der Waals surface area contributed by atoms with Crippen molar-refractivity contribution in [3.63, 3.8) is 0 Å². The van der Waals surface area contributed by atoms with Crippen LogP contribution in [0.15, 0.2) is 18.2 Å². The van der Waals surface area contributed by atoms with Crippen molar-refractivity contribution in [1.82, 2.24) is 10.2 Å². The maximum absolute atomic E-state index is 12.9. The van der Waals surface area contributed by atoms with Crippen molar-refractivity contribution >= 4 is 5.91 Å². The lowest BCUT2D eigenvalue weighted by Crippen LogP contribution is -2.46. The van der Waals surface area contributed by atoms with E-state index in [1.807, 2.05) is 0 Å². The molecule has 4 nitrogen and oxygen atoms in total. The number of fused-ring (bicyclic) bond motifs is 1. The minimum absolute atomic E-state index is 0.213. The van der Waals surface area contributed by atoms with Crippen LogP contribution in [0.4, 0.5) is 8.78 Å². The topological polar surface area (TPSA) is 41.6 Å². The number of likely N-dealkylation sites (tertiary alicyclic amines) is 1. The van der Waals surface area contributed by atoms with Crippen LogP contribution in [0.1, 0.15) is 29.5 Å². The van der Waals surface area contributed by atoms with Crippen molar-refractivity contribution in [2.75, 3.05) is 26.2 Å². The third-order valence-electron chi connectivity index (χ3n) is 6.41. The maximum atomic E-state index is 12.9. The molecule has 0 radical (unpaired) electrons. The number of halogens is 2. The number of benzene rings is 1. The van der Waals surface area contributed by atoms with Crippen LogP contribution in [0, 0.1) is 31.6 Å². The van der Waals surface area contributed by atoms with Gasteiger partial charge in [-0.2, -0.15) is 0 Å². The van der Waals surface area contributed by atoms with Gasteiger partial charge in [-0.15, -0.1) is 0 Å². The number of hydrogen-bond donors (Lipinski definition) is 1. The zero-order valence-electron chi connectivity index (χ0n) is 16.0. The van der Waals surface area contributed by atoms with Gasteiger partial charge in [0.1, 0.15) is 0 Å². The second-order valence-corrected chi connectivity index (χ2v) is 8.63.